The molecule has 7 nitrogen and oxygen atoms in total. The van der Waals surface area contributed by atoms with Gasteiger partial charge in [-0.1, -0.05) is 24.3 Å². The third kappa shape index (κ3) is 3.40. The van der Waals surface area contributed by atoms with Gasteiger partial charge in [0.25, 0.3) is 11.5 Å². The summed E-state index contributed by atoms with van der Waals surface area (Å²) in [5.74, 6) is 0.0264. The number of para-hydroxylation sites is 1. The fraction of sp³-hybridized carbons (Fsp3) is 0.286. The van der Waals surface area contributed by atoms with Gasteiger partial charge in [-0.05, 0) is 30.5 Å². The molecular weight excluding hydrogens is 388 g/mol. The molecule has 2 aromatic heterocycles. The van der Waals surface area contributed by atoms with Gasteiger partial charge >= 0.3 is 5.69 Å². The lowest BCUT2D eigenvalue weighted by molar-refractivity contribution is 0.0751. The molecule has 1 aromatic carbocycles. The van der Waals surface area contributed by atoms with Gasteiger partial charge in [-0.15, -0.1) is 11.3 Å². The van der Waals surface area contributed by atoms with Crippen LogP contribution in [0.15, 0.2) is 57.4 Å². The van der Waals surface area contributed by atoms with E-state index in [2.05, 4.69) is 0 Å². The maximum Gasteiger partial charge on any atom is 0.335 e. The van der Waals surface area contributed by atoms with Gasteiger partial charge in [0.1, 0.15) is 5.69 Å². The van der Waals surface area contributed by atoms with Crippen LogP contribution in [0.3, 0.4) is 0 Å². The van der Waals surface area contributed by atoms with E-state index in [9.17, 15) is 14.4 Å². The van der Waals surface area contributed by atoms with Crippen molar-refractivity contribution in [2.24, 2.45) is 7.05 Å². The zero-order chi connectivity index (χ0) is 20.5. The highest BCUT2D eigenvalue weighted by Gasteiger charge is 2.27. The molecule has 4 rings (SSSR count). The van der Waals surface area contributed by atoms with E-state index >= 15 is 0 Å². The molecule has 0 spiro atoms. The molecule has 8 heteroatoms. The molecule has 1 amide bonds. The Morgan fingerprint density at radius 1 is 0.966 bits per heavy atom. The van der Waals surface area contributed by atoms with E-state index in [0.717, 1.165) is 15.1 Å². The summed E-state index contributed by atoms with van der Waals surface area (Å²) in [4.78, 5) is 42.8. The van der Waals surface area contributed by atoms with Crippen LogP contribution in [0.25, 0.3) is 5.69 Å². The largest absolute Gasteiger partial charge is 0.362 e. The number of rotatable bonds is 3. The third-order valence-corrected chi connectivity index (χ3v) is 6.15. The molecule has 0 radical (unpaired) electrons. The Labute approximate surface area is 172 Å². The zero-order valence-corrected chi connectivity index (χ0v) is 17.2. The maximum absolute atomic E-state index is 12.9. The Kier molecular flexibility index (Phi) is 5.10. The van der Waals surface area contributed by atoms with Crippen LogP contribution in [0, 0.1) is 6.92 Å². The highest BCUT2D eigenvalue weighted by Crippen LogP contribution is 2.20. The van der Waals surface area contributed by atoms with Crippen molar-refractivity contribution in [3.63, 3.8) is 0 Å². The Morgan fingerprint density at radius 2 is 1.66 bits per heavy atom. The van der Waals surface area contributed by atoms with E-state index in [0.29, 0.717) is 37.6 Å². The average Bonchev–Trinajstić information content (AvgIpc) is 3.28. The number of hydrogen-bond donors (Lipinski definition) is 0. The van der Waals surface area contributed by atoms with Gasteiger partial charge in [0.2, 0.25) is 0 Å². The highest BCUT2D eigenvalue weighted by atomic mass is 32.1. The maximum atomic E-state index is 12.9. The highest BCUT2D eigenvalue weighted by molar-refractivity contribution is 7.12. The number of carbonyl (C=O) groups is 1. The van der Waals surface area contributed by atoms with Crippen LogP contribution in [-0.4, -0.2) is 46.1 Å². The van der Waals surface area contributed by atoms with Crippen LogP contribution in [0.2, 0.25) is 0 Å². The Morgan fingerprint density at radius 3 is 2.28 bits per heavy atom. The second-order valence-corrected chi connectivity index (χ2v) is 7.96. The summed E-state index contributed by atoms with van der Waals surface area (Å²) in [5.41, 5.74) is 1.17. The monoisotopic (exact) mass is 410 g/mol. The lowest BCUT2D eigenvalue weighted by Crippen LogP contribution is -2.52. The van der Waals surface area contributed by atoms with E-state index in [1.807, 2.05) is 57.6 Å². The van der Waals surface area contributed by atoms with Crippen molar-refractivity contribution in [3.8, 4) is 5.69 Å². The number of thiophene rings is 1. The predicted octanol–water partition coefficient (Wildman–Crippen LogP) is 1.87. The van der Waals surface area contributed by atoms with Crippen LogP contribution >= 0.6 is 11.3 Å². The molecule has 0 saturated carbocycles. The molecule has 0 aliphatic carbocycles. The molecular formula is C21H22N4O3S. The molecule has 0 unspecified atom stereocenters. The number of amides is 1. The first-order chi connectivity index (χ1) is 14.0. The van der Waals surface area contributed by atoms with Crippen LogP contribution in [0.4, 0.5) is 5.69 Å². The molecule has 1 aliphatic rings. The standard InChI is InChI=1S/C21H22N4O3S/c1-15-18(20(27)22(2)21(28)25(15)16-7-4-3-5-8-16)23-10-12-24(13-11-23)19(26)17-9-6-14-29-17/h3-9,14H,10-13H2,1-2H3. The summed E-state index contributed by atoms with van der Waals surface area (Å²) < 4.78 is 2.72. The predicted molar refractivity (Wildman–Crippen MR) is 114 cm³/mol. The molecule has 0 N–H and O–H groups in total. The van der Waals surface area contributed by atoms with E-state index in [-0.39, 0.29) is 17.2 Å². The summed E-state index contributed by atoms with van der Waals surface area (Å²) >= 11 is 1.43. The van der Waals surface area contributed by atoms with E-state index in [1.165, 1.54) is 18.4 Å². The Balaban J connectivity index is 1.66. The van der Waals surface area contributed by atoms with Gasteiger partial charge in [-0.2, -0.15) is 0 Å². The lowest BCUT2D eigenvalue weighted by atomic mass is 10.2. The molecule has 150 valence electrons. The quantitative estimate of drug-likeness (QED) is 0.661. The molecule has 1 saturated heterocycles. The zero-order valence-electron chi connectivity index (χ0n) is 16.4. The number of hydrogen-bond acceptors (Lipinski definition) is 5. The molecule has 0 atom stereocenters. The Bertz CT molecular complexity index is 1140. The van der Waals surface area contributed by atoms with Crippen molar-refractivity contribution in [2.75, 3.05) is 31.1 Å². The molecule has 3 aromatic rings. The first kappa shape index (κ1) is 19.2. The second kappa shape index (κ2) is 7.71. The van der Waals surface area contributed by atoms with Crippen LogP contribution in [0.5, 0.6) is 0 Å². The SMILES string of the molecule is Cc1c(N2CCN(C(=O)c3cccs3)CC2)c(=O)n(C)c(=O)n1-c1ccccc1. The minimum absolute atomic E-state index is 0.0264. The van der Waals surface area contributed by atoms with Crippen molar-refractivity contribution >= 4 is 22.9 Å². The molecule has 3 heterocycles. The summed E-state index contributed by atoms with van der Waals surface area (Å²) in [6.45, 7) is 3.95. The normalized spacial score (nSPS) is 14.3. The van der Waals surface area contributed by atoms with Gasteiger partial charge in [0, 0.05) is 33.2 Å². The topological polar surface area (TPSA) is 67.6 Å². The molecule has 1 fully saturated rings. The smallest absolute Gasteiger partial charge is 0.335 e. The fourth-order valence-corrected chi connectivity index (χ4v) is 4.43. The molecule has 1 aliphatic heterocycles. The summed E-state index contributed by atoms with van der Waals surface area (Å²) in [7, 11) is 1.50. The summed E-state index contributed by atoms with van der Waals surface area (Å²) in [5, 5.41) is 1.89. The van der Waals surface area contributed by atoms with Gasteiger partial charge in [-0.25, -0.2) is 4.79 Å². The van der Waals surface area contributed by atoms with Crippen molar-refractivity contribution in [1.82, 2.24) is 14.0 Å². The minimum atomic E-state index is -0.367. The molecule has 29 heavy (non-hydrogen) atoms. The van der Waals surface area contributed by atoms with Gasteiger partial charge in [0.15, 0.2) is 0 Å². The minimum Gasteiger partial charge on any atom is -0.362 e. The van der Waals surface area contributed by atoms with Crippen LogP contribution in [0.1, 0.15) is 15.4 Å². The number of anilines is 1. The van der Waals surface area contributed by atoms with Crippen molar-refractivity contribution in [2.45, 2.75) is 6.92 Å². The Hall–Kier alpha value is -3.13. The summed E-state index contributed by atoms with van der Waals surface area (Å²) in [6, 6.07) is 13.0. The van der Waals surface area contributed by atoms with Crippen molar-refractivity contribution in [1.29, 1.82) is 0 Å². The van der Waals surface area contributed by atoms with E-state index in [4.69, 9.17) is 0 Å². The number of carbonyl (C=O) groups excluding carboxylic acids is 1. The van der Waals surface area contributed by atoms with Crippen LogP contribution in [-0.2, 0) is 7.05 Å². The van der Waals surface area contributed by atoms with E-state index < -0.39 is 0 Å². The van der Waals surface area contributed by atoms with Gasteiger partial charge < -0.3 is 9.80 Å². The number of nitrogens with zero attached hydrogens (tertiary/aromatic N) is 4. The van der Waals surface area contributed by atoms with Crippen molar-refractivity contribution < 1.29 is 4.79 Å². The molecule has 0 bridgehead atoms. The van der Waals surface area contributed by atoms with E-state index in [1.54, 1.807) is 11.5 Å². The fourth-order valence-electron chi connectivity index (χ4n) is 3.73. The van der Waals surface area contributed by atoms with Crippen molar-refractivity contribution in [3.05, 3.63) is 79.3 Å². The first-order valence-corrected chi connectivity index (χ1v) is 10.3. The average molecular weight is 410 g/mol. The number of piperazine rings is 1. The summed E-state index contributed by atoms with van der Waals surface area (Å²) in [6.07, 6.45) is 0. The van der Waals surface area contributed by atoms with Gasteiger partial charge in [-0.3, -0.25) is 18.7 Å². The van der Waals surface area contributed by atoms with Gasteiger partial charge in [0.05, 0.1) is 16.3 Å². The number of benzene rings is 1. The second-order valence-electron chi connectivity index (χ2n) is 7.01. The van der Waals surface area contributed by atoms with Crippen LogP contribution < -0.4 is 16.1 Å². The third-order valence-electron chi connectivity index (χ3n) is 5.29. The lowest BCUT2D eigenvalue weighted by Gasteiger charge is -2.36. The number of aromatic nitrogens is 2. The first-order valence-electron chi connectivity index (χ1n) is 9.45.